The maximum absolute atomic E-state index is 12.2. The van der Waals surface area contributed by atoms with Crippen molar-refractivity contribution in [3.05, 3.63) is 57.5 Å². The van der Waals surface area contributed by atoms with E-state index in [9.17, 15) is 4.79 Å². The predicted molar refractivity (Wildman–Crippen MR) is 109 cm³/mol. The lowest BCUT2D eigenvalue weighted by Crippen LogP contribution is -2.47. The van der Waals surface area contributed by atoms with Crippen molar-refractivity contribution in [3.63, 3.8) is 0 Å². The molecule has 0 bridgehead atoms. The van der Waals surface area contributed by atoms with Gasteiger partial charge in [-0.05, 0) is 29.5 Å². The monoisotopic (exact) mass is 409 g/mol. The summed E-state index contributed by atoms with van der Waals surface area (Å²) < 4.78 is 3.13. The van der Waals surface area contributed by atoms with Gasteiger partial charge in [-0.2, -0.15) is 14.3 Å². The van der Waals surface area contributed by atoms with Crippen LogP contribution in [-0.2, 0) is 6.54 Å². The molecule has 29 heavy (non-hydrogen) atoms. The van der Waals surface area contributed by atoms with Gasteiger partial charge in [-0.1, -0.05) is 34.6 Å². The molecule has 0 atom stereocenters. The zero-order chi connectivity index (χ0) is 19.8. The van der Waals surface area contributed by atoms with E-state index in [1.165, 1.54) is 15.9 Å². The second-order valence-corrected chi connectivity index (χ2v) is 8.05. The van der Waals surface area contributed by atoms with Crippen LogP contribution < -0.4 is 10.5 Å². The van der Waals surface area contributed by atoms with Gasteiger partial charge in [0.1, 0.15) is 5.01 Å². The second-order valence-electron chi connectivity index (χ2n) is 6.89. The maximum Gasteiger partial charge on any atom is 0.275 e. The molecule has 1 fully saturated rings. The van der Waals surface area contributed by atoms with E-state index in [2.05, 4.69) is 35.4 Å². The molecule has 1 aromatic carbocycles. The number of piperazine rings is 1. The van der Waals surface area contributed by atoms with Crippen LogP contribution in [0.2, 0.25) is 0 Å². The van der Waals surface area contributed by atoms with Crippen molar-refractivity contribution in [1.82, 2.24) is 39.7 Å². The van der Waals surface area contributed by atoms with E-state index in [1.54, 1.807) is 10.7 Å². The van der Waals surface area contributed by atoms with E-state index in [0.717, 1.165) is 48.5 Å². The van der Waals surface area contributed by atoms with E-state index >= 15 is 0 Å². The van der Waals surface area contributed by atoms with Crippen molar-refractivity contribution in [3.8, 4) is 5.69 Å². The largest absolute Gasteiger partial charge is 0.337 e. The average Bonchev–Trinajstić information content (AvgIpc) is 3.36. The lowest BCUT2D eigenvalue weighted by molar-refractivity contribution is 0.245. The third-order valence-corrected chi connectivity index (χ3v) is 5.72. The van der Waals surface area contributed by atoms with Crippen LogP contribution in [0.25, 0.3) is 10.6 Å². The third kappa shape index (κ3) is 3.49. The molecule has 0 amide bonds. The summed E-state index contributed by atoms with van der Waals surface area (Å²) in [5.41, 5.74) is 1.59. The van der Waals surface area contributed by atoms with Gasteiger partial charge in [0.05, 0.1) is 11.4 Å². The number of aryl methyl sites for hydroxylation is 1. The second kappa shape index (κ2) is 7.33. The highest BCUT2D eigenvalue weighted by molar-refractivity contribution is 7.16. The van der Waals surface area contributed by atoms with Crippen LogP contribution in [0.4, 0.5) is 5.95 Å². The smallest absolute Gasteiger partial charge is 0.275 e. The van der Waals surface area contributed by atoms with Crippen LogP contribution in [0.15, 0.2) is 41.2 Å². The summed E-state index contributed by atoms with van der Waals surface area (Å²) >= 11 is 1.43. The minimum atomic E-state index is -0.130. The highest BCUT2D eigenvalue weighted by Crippen LogP contribution is 2.18. The Bertz CT molecular complexity index is 1190. The van der Waals surface area contributed by atoms with Gasteiger partial charge >= 0.3 is 0 Å². The van der Waals surface area contributed by atoms with E-state index in [1.807, 2.05) is 37.3 Å². The highest BCUT2D eigenvalue weighted by atomic mass is 32.1. The molecule has 0 spiro atoms. The summed E-state index contributed by atoms with van der Waals surface area (Å²) in [4.78, 5) is 22.0. The van der Waals surface area contributed by atoms with Crippen LogP contribution in [-0.4, -0.2) is 65.9 Å². The van der Waals surface area contributed by atoms with Crippen LogP contribution in [0, 0.1) is 6.92 Å². The molecular formula is C18H19N9OS. The summed E-state index contributed by atoms with van der Waals surface area (Å²) in [6.07, 6.45) is 0. The molecule has 0 N–H and O–H groups in total. The number of rotatable bonds is 4. The lowest BCUT2D eigenvalue weighted by atomic mass is 10.3. The molecule has 5 rings (SSSR count). The van der Waals surface area contributed by atoms with Gasteiger partial charge < -0.3 is 4.90 Å². The van der Waals surface area contributed by atoms with Gasteiger partial charge in [-0.3, -0.25) is 9.69 Å². The zero-order valence-electron chi connectivity index (χ0n) is 15.8. The van der Waals surface area contributed by atoms with Crippen LogP contribution in [0.5, 0.6) is 0 Å². The molecule has 10 nitrogen and oxygen atoms in total. The van der Waals surface area contributed by atoms with Crippen molar-refractivity contribution in [2.75, 3.05) is 31.1 Å². The van der Waals surface area contributed by atoms with Crippen molar-refractivity contribution in [2.24, 2.45) is 0 Å². The molecule has 11 heteroatoms. The SMILES string of the molecule is Cc1nn2c(=O)cc(CN3CCN(c4nnnn4-c4ccccc4)CC3)nc2s1. The van der Waals surface area contributed by atoms with Gasteiger partial charge in [0.25, 0.3) is 5.56 Å². The first-order chi connectivity index (χ1) is 14.2. The fourth-order valence-electron chi connectivity index (χ4n) is 3.48. The molecule has 0 radical (unpaired) electrons. The number of hydrogen-bond donors (Lipinski definition) is 0. The Morgan fingerprint density at radius 2 is 1.90 bits per heavy atom. The van der Waals surface area contributed by atoms with Gasteiger partial charge in [0.2, 0.25) is 10.9 Å². The van der Waals surface area contributed by atoms with Gasteiger partial charge in [-0.25, -0.2) is 4.98 Å². The van der Waals surface area contributed by atoms with Crippen LogP contribution >= 0.6 is 11.3 Å². The molecular weight excluding hydrogens is 390 g/mol. The Balaban J connectivity index is 1.28. The minimum Gasteiger partial charge on any atom is -0.337 e. The van der Waals surface area contributed by atoms with E-state index in [0.29, 0.717) is 11.5 Å². The number of anilines is 1. The number of nitrogens with zero attached hydrogens (tertiary/aromatic N) is 9. The molecule has 0 saturated carbocycles. The summed E-state index contributed by atoms with van der Waals surface area (Å²) in [5.74, 6) is 0.744. The topological polar surface area (TPSA) is 97.3 Å². The van der Waals surface area contributed by atoms with Crippen LogP contribution in [0.1, 0.15) is 10.7 Å². The quantitative estimate of drug-likeness (QED) is 0.487. The summed E-state index contributed by atoms with van der Waals surface area (Å²) in [6.45, 7) is 5.79. The van der Waals surface area contributed by atoms with Crippen molar-refractivity contribution in [1.29, 1.82) is 0 Å². The Hall–Kier alpha value is -3.18. The highest BCUT2D eigenvalue weighted by Gasteiger charge is 2.23. The summed E-state index contributed by atoms with van der Waals surface area (Å²) in [7, 11) is 0. The van der Waals surface area contributed by atoms with E-state index < -0.39 is 0 Å². The molecule has 4 aromatic rings. The maximum atomic E-state index is 12.2. The minimum absolute atomic E-state index is 0.130. The Morgan fingerprint density at radius 1 is 1.10 bits per heavy atom. The molecule has 1 saturated heterocycles. The number of aromatic nitrogens is 7. The van der Waals surface area contributed by atoms with Gasteiger partial charge in [0, 0.05) is 38.8 Å². The summed E-state index contributed by atoms with van der Waals surface area (Å²) in [5, 5.41) is 17.2. The Morgan fingerprint density at radius 3 is 2.69 bits per heavy atom. The molecule has 3 aromatic heterocycles. The standard InChI is InChI=1S/C18H19N9OS/c1-13-21-27-16(28)11-14(19-18(27)29-13)12-24-7-9-25(10-8-24)17-20-22-23-26(17)15-5-3-2-4-6-15/h2-6,11H,7-10,12H2,1H3. The third-order valence-electron chi connectivity index (χ3n) is 4.89. The first kappa shape index (κ1) is 17.9. The van der Waals surface area contributed by atoms with Gasteiger partial charge in [0.15, 0.2) is 0 Å². The molecule has 148 valence electrons. The number of hydrogen-bond acceptors (Lipinski definition) is 9. The lowest BCUT2D eigenvalue weighted by Gasteiger charge is -2.34. The molecule has 1 aliphatic heterocycles. The molecule has 4 heterocycles. The van der Waals surface area contributed by atoms with Crippen molar-refractivity contribution < 1.29 is 0 Å². The normalized spacial score (nSPS) is 15.3. The predicted octanol–water partition coefficient (Wildman–Crippen LogP) is 0.757. The fourth-order valence-corrected chi connectivity index (χ4v) is 4.25. The summed E-state index contributed by atoms with van der Waals surface area (Å²) in [6, 6.07) is 11.5. The van der Waals surface area contributed by atoms with Crippen molar-refractivity contribution in [2.45, 2.75) is 13.5 Å². The Labute approximate surface area is 170 Å². The van der Waals surface area contributed by atoms with Crippen molar-refractivity contribution >= 4 is 22.2 Å². The number of para-hydroxylation sites is 1. The number of fused-ring (bicyclic) bond motifs is 1. The Kier molecular flexibility index (Phi) is 4.52. The van der Waals surface area contributed by atoms with E-state index in [-0.39, 0.29) is 5.56 Å². The first-order valence-corrected chi connectivity index (χ1v) is 10.2. The zero-order valence-corrected chi connectivity index (χ0v) is 16.7. The number of benzene rings is 1. The van der Waals surface area contributed by atoms with Gasteiger partial charge in [-0.15, -0.1) is 0 Å². The van der Waals surface area contributed by atoms with E-state index in [4.69, 9.17) is 0 Å². The molecule has 1 aliphatic rings. The average molecular weight is 409 g/mol. The molecule has 0 aliphatic carbocycles. The first-order valence-electron chi connectivity index (χ1n) is 9.35. The fraction of sp³-hybridized carbons (Fsp3) is 0.333. The van der Waals surface area contributed by atoms with Crippen LogP contribution in [0.3, 0.4) is 0 Å². The number of tetrazole rings is 1. The molecule has 0 unspecified atom stereocenters.